The van der Waals surface area contributed by atoms with Gasteiger partial charge >= 0.3 is 0 Å². The maximum atomic E-state index is 11.6. The molecule has 0 saturated heterocycles. The molecule has 0 aromatic carbocycles. The smallest absolute Gasteiger partial charge is 0.214 e. The van der Waals surface area contributed by atoms with Crippen molar-refractivity contribution in [3.05, 3.63) is 40.9 Å². The largest absolute Gasteiger partial charge is 0.332 e. The highest BCUT2D eigenvalue weighted by Gasteiger charge is 2.04. The van der Waals surface area contributed by atoms with E-state index in [9.17, 15) is 4.79 Å². The van der Waals surface area contributed by atoms with Crippen LogP contribution in [-0.2, 0) is 6.54 Å². The van der Waals surface area contributed by atoms with Gasteiger partial charge in [-0.05, 0) is 19.1 Å². The zero-order valence-electron chi connectivity index (χ0n) is 8.83. The number of aryl methyl sites for hydroxylation is 1. The number of allylic oxidation sites excluding steroid dienone is 1. The van der Waals surface area contributed by atoms with Gasteiger partial charge < -0.3 is 4.57 Å². The van der Waals surface area contributed by atoms with Gasteiger partial charge in [0, 0.05) is 30.5 Å². The summed E-state index contributed by atoms with van der Waals surface area (Å²) in [6.07, 6.45) is 8.45. The Kier molecular flexibility index (Phi) is 3.26. The maximum Gasteiger partial charge on any atom is 0.214 e. The summed E-state index contributed by atoms with van der Waals surface area (Å²) in [7, 11) is 0. The van der Waals surface area contributed by atoms with Crippen LogP contribution in [0.1, 0.15) is 22.6 Å². The van der Waals surface area contributed by atoms with Crippen molar-refractivity contribution in [2.24, 2.45) is 0 Å². The molecule has 0 bridgehead atoms. The molecule has 2 aromatic rings. The van der Waals surface area contributed by atoms with E-state index in [-0.39, 0.29) is 5.78 Å². The molecule has 2 heterocycles. The van der Waals surface area contributed by atoms with E-state index in [2.05, 4.69) is 9.97 Å². The Hall–Kier alpha value is -1.75. The van der Waals surface area contributed by atoms with Crippen molar-refractivity contribution in [3.63, 3.8) is 0 Å². The molecule has 0 spiro atoms. The van der Waals surface area contributed by atoms with E-state index in [1.54, 1.807) is 23.8 Å². The van der Waals surface area contributed by atoms with Crippen LogP contribution in [0, 0.1) is 0 Å². The van der Waals surface area contributed by atoms with Gasteiger partial charge in [0.15, 0.2) is 5.01 Å². The van der Waals surface area contributed by atoms with Crippen molar-refractivity contribution in [1.29, 1.82) is 0 Å². The Morgan fingerprint density at radius 1 is 1.50 bits per heavy atom. The van der Waals surface area contributed by atoms with Crippen molar-refractivity contribution in [2.75, 3.05) is 0 Å². The van der Waals surface area contributed by atoms with Crippen molar-refractivity contribution in [1.82, 2.24) is 14.5 Å². The topological polar surface area (TPSA) is 47.8 Å². The molecular weight excluding hydrogens is 222 g/mol. The molecule has 82 valence electrons. The van der Waals surface area contributed by atoms with Gasteiger partial charge in [-0.2, -0.15) is 0 Å². The molecule has 0 fully saturated rings. The maximum absolute atomic E-state index is 11.6. The van der Waals surface area contributed by atoms with Crippen LogP contribution < -0.4 is 0 Å². The number of nitrogens with zero attached hydrogens (tertiary/aromatic N) is 3. The standard InChI is InChI=1S/C11H11N3OS/c1-2-14-7-5-12-10(14)4-3-9(15)11-13-6-8-16-11/h3-8H,2H2,1H3/b4-3+. The van der Waals surface area contributed by atoms with Crippen molar-refractivity contribution in [2.45, 2.75) is 13.5 Å². The first-order chi connectivity index (χ1) is 7.81. The minimum absolute atomic E-state index is 0.0827. The third-order valence-electron chi connectivity index (χ3n) is 2.12. The highest BCUT2D eigenvalue weighted by Crippen LogP contribution is 2.07. The summed E-state index contributed by atoms with van der Waals surface area (Å²) in [5.41, 5.74) is 0. The summed E-state index contributed by atoms with van der Waals surface area (Å²) in [5, 5.41) is 2.29. The van der Waals surface area contributed by atoms with Crippen LogP contribution >= 0.6 is 11.3 Å². The Bertz CT molecular complexity index is 499. The summed E-state index contributed by atoms with van der Waals surface area (Å²) in [6.45, 7) is 2.87. The Morgan fingerprint density at radius 2 is 2.38 bits per heavy atom. The fourth-order valence-electron chi connectivity index (χ4n) is 1.31. The van der Waals surface area contributed by atoms with E-state index in [4.69, 9.17) is 0 Å². The zero-order chi connectivity index (χ0) is 11.4. The monoisotopic (exact) mass is 233 g/mol. The van der Waals surface area contributed by atoms with E-state index in [1.165, 1.54) is 17.4 Å². The molecule has 5 heteroatoms. The van der Waals surface area contributed by atoms with Gasteiger partial charge in [0.2, 0.25) is 5.78 Å². The summed E-state index contributed by atoms with van der Waals surface area (Å²) >= 11 is 1.34. The quantitative estimate of drug-likeness (QED) is 0.601. The summed E-state index contributed by atoms with van der Waals surface area (Å²) in [4.78, 5) is 19.7. The molecular formula is C11H11N3OS. The van der Waals surface area contributed by atoms with E-state index in [0.29, 0.717) is 5.01 Å². The number of hydrogen-bond acceptors (Lipinski definition) is 4. The molecule has 0 aliphatic carbocycles. The average molecular weight is 233 g/mol. The lowest BCUT2D eigenvalue weighted by Gasteiger charge is -1.97. The minimum Gasteiger partial charge on any atom is -0.332 e. The van der Waals surface area contributed by atoms with E-state index >= 15 is 0 Å². The van der Waals surface area contributed by atoms with Crippen LogP contribution in [0.15, 0.2) is 30.0 Å². The molecule has 0 unspecified atom stereocenters. The lowest BCUT2D eigenvalue weighted by atomic mass is 10.3. The number of imidazole rings is 1. The van der Waals surface area contributed by atoms with Gasteiger partial charge in [0.25, 0.3) is 0 Å². The lowest BCUT2D eigenvalue weighted by molar-refractivity contribution is 0.104. The SMILES string of the molecule is CCn1ccnc1/C=C/C(=O)c1nccs1. The Balaban J connectivity index is 2.13. The first-order valence-electron chi connectivity index (χ1n) is 4.94. The van der Waals surface area contributed by atoms with Gasteiger partial charge in [-0.3, -0.25) is 4.79 Å². The Labute approximate surface area is 97.3 Å². The first kappa shape index (κ1) is 10.8. The highest BCUT2D eigenvalue weighted by atomic mass is 32.1. The molecule has 0 amide bonds. The predicted molar refractivity (Wildman–Crippen MR) is 63.4 cm³/mol. The average Bonchev–Trinajstić information content (AvgIpc) is 2.96. The van der Waals surface area contributed by atoms with Gasteiger partial charge in [0.05, 0.1) is 0 Å². The Morgan fingerprint density at radius 3 is 3.06 bits per heavy atom. The fourth-order valence-corrected chi connectivity index (χ4v) is 1.87. The summed E-state index contributed by atoms with van der Waals surface area (Å²) in [6, 6.07) is 0. The predicted octanol–water partition coefficient (Wildman–Crippen LogP) is 2.26. The molecule has 0 radical (unpaired) electrons. The van der Waals surface area contributed by atoms with Crippen LogP contribution in [-0.4, -0.2) is 20.3 Å². The van der Waals surface area contributed by atoms with Crippen LogP contribution in [0.5, 0.6) is 0 Å². The molecule has 0 saturated carbocycles. The third-order valence-corrected chi connectivity index (χ3v) is 2.90. The highest BCUT2D eigenvalue weighted by molar-refractivity contribution is 7.11. The molecule has 0 aliphatic rings. The van der Waals surface area contributed by atoms with E-state index < -0.39 is 0 Å². The molecule has 4 nitrogen and oxygen atoms in total. The number of hydrogen-bond donors (Lipinski definition) is 0. The molecule has 0 aliphatic heterocycles. The number of ketones is 1. The molecule has 16 heavy (non-hydrogen) atoms. The molecule has 0 N–H and O–H groups in total. The first-order valence-corrected chi connectivity index (χ1v) is 5.82. The van der Waals surface area contributed by atoms with Gasteiger partial charge in [-0.15, -0.1) is 11.3 Å². The van der Waals surface area contributed by atoms with E-state index in [0.717, 1.165) is 12.4 Å². The third kappa shape index (κ3) is 2.25. The minimum atomic E-state index is -0.0827. The van der Waals surface area contributed by atoms with Crippen molar-refractivity contribution < 1.29 is 4.79 Å². The van der Waals surface area contributed by atoms with Crippen molar-refractivity contribution >= 4 is 23.2 Å². The van der Waals surface area contributed by atoms with Crippen LogP contribution in [0.3, 0.4) is 0 Å². The van der Waals surface area contributed by atoms with Crippen molar-refractivity contribution in [3.8, 4) is 0 Å². The summed E-state index contributed by atoms with van der Waals surface area (Å²) < 4.78 is 1.96. The number of thiazole rings is 1. The van der Waals surface area contributed by atoms with E-state index in [1.807, 2.05) is 17.7 Å². The number of carbonyl (C=O) groups excluding carboxylic acids is 1. The second-order valence-corrected chi connectivity index (χ2v) is 4.00. The second kappa shape index (κ2) is 4.85. The lowest BCUT2D eigenvalue weighted by Crippen LogP contribution is -1.97. The molecule has 2 aromatic heterocycles. The van der Waals surface area contributed by atoms with Crippen LogP contribution in [0.2, 0.25) is 0 Å². The fraction of sp³-hybridized carbons (Fsp3) is 0.182. The van der Waals surface area contributed by atoms with Gasteiger partial charge in [0.1, 0.15) is 5.82 Å². The zero-order valence-corrected chi connectivity index (χ0v) is 9.65. The van der Waals surface area contributed by atoms with Crippen LogP contribution in [0.4, 0.5) is 0 Å². The summed E-state index contributed by atoms with van der Waals surface area (Å²) in [5.74, 6) is 0.702. The number of carbonyl (C=O) groups is 1. The second-order valence-electron chi connectivity index (χ2n) is 3.11. The molecule has 2 rings (SSSR count). The molecule has 0 atom stereocenters. The normalized spacial score (nSPS) is 11.1. The van der Waals surface area contributed by atoms with Gasteiger partial charge in [-0.25, -0.2) is 9.97 Å². The van der Waals surface area contributed by atoms with Gasteiger partial charge in [-0.1, -0.05) is 0 Å². The number of rotatable bonds is 4. The number of aromatic nitrogens is 3. The van der Waals surface area contributed by atoms with Crippen LogP contribution in [0.25, 0.3) is 6.08 Å².